The molecule has 2 N–H and O–H groups in total. The molecule has 0 bridgehead atoms. The molecule has 0 aromatic carbocycles. The Morgan fingerprint density at radius 3 is 2.08 bits per heavy atom. The van der Waals surface area contributed by atoms with Crippen LogP contribution in [0.3, 0.4) is 0 Å². The molecule has 0 fully saturated rings. The van der Waals surface area contributed by atoms with Crippen molar-refractivity contribution in [3.63, 3.8) is 0 Å². The molecule has 5 heteroatoms. The molecule has 0 spiro atoms. The van der Waals surface area contributed by atoms with E-state index >= 15 is 0 Å². The van der Waals surface area contributed by atoms with Crippen molar-refractivity contribution in [3.05, 3.63) is 0 Å². The van der Waals surface area contributed by atoms with Crippen LogP contribution >= 0.6 is 0 Å². The van der Waals surface area contributed by atoms with Gasteiger partial charge in [0.2, 0.25) is 0 Å². The fourth-order valence-electron chi connectivity index (χ4n) is 0.644. The van der Waals surface area contributed by atoms with Crippen molar-refractivity contribution < 1.29 is 13.3 Å². The van der Waals surface area contributed by atoms with Crippen molar-refractivity contribution in [1.82, 2.24) is 0 Å². The van der Waals surface area contributed by atoms with Gasteiger partial charge in [0.15, 0.2) is 0 Å². The van der Waals surface area contributed by atoms with Gasteiger partial charge in [0.25, 0.3) is 0 Å². The summed E-state index contributed by atoms with van der Waals surface area (Å²) in [5.74, 6) is 0. The topological polar surface area (TPSA) is 53.7 Å². The lowest BCUT2D eigenvalue weighted by Gasteiger charge is -2.18. The zero-order chi connectivity index (χ0) is 9.40. The molecule has 4 nitrogen and oxygen atoms in total. The van der Waals surface area contributed by atoms with E-state index in [4.69, 9.17) is 19.0 Å². The second-order valence-corrected chi connectivity index (χ2v) is 3.90. The highest BCUT2D eigenvalue weighted by atomic mass is 28.3. The lowest BCUT2D eigenvalue weighted by atomic mass is 10.4. The molecule has 0 rings (SSSR count). The first-order valence-corrected chi connectivity index (χ1v) is 5.74. The Bertz CT molecular complexity index is 98.7. The van der Waals surface area contributed by atoms with E-state index in [9.17, 15) is 0 Å². The SMILES string of the molecule is CCO[SiH](OCC)OC(C)CN. The molecule has 1 unspecified atom stereocenters. The Morgan fingerprint density at radius 2 is 1.75 bits per heavy atom. The van der Waals surface area contributed by atoms with Gasteiger partial charge < -0.3 is 19.0 Å². The number of hydrogen-bond donors (Lipinski definition) is 1. The summed E-state index contributed by atoms with van der Waals surface area (Å²) in [5.41, 5.74) is 5.40. The molecular formula is C7H19NO3Si. The van der Waals surface area contributed by atoms with Crippen LogP contribution in [0.1, 0.15) is 20.8 Å². The largest absolute Gasteiger partial charge is 0.484 e. The van der Waals surface area contributed by atoms with Gasteiger partial charge in [-0.25, -0.2) is 0 Å². The minimum atomic E-state index is -1.89. The molecule has 0 aromatic rings. The second kappa shape index (κ2) is 7.69. The third-order valence-electron chi connectivity index (χ3n) is 1.28. The normalized spacial score (nSPS) is 13.8. The molecule has 0 heterocycles. The van der Waals surface area contributed by atoms with E-state index in [2.05, 4.69) is 0 Å². The van der Waals surface area contributed by atoms with E-state index < -0.39 is 9.53 Å². The fraction of sp³-hybridized carbons (Fsp3) is 1.00. The van der Waals surface area contributed by atoms with Gasteiger partial charge in [-0.2, -0.15) is 0 Å². The first kappa shape index (κ1) is 12.1. The van der Waals surface area contributed by atoms with Crippen molar-refractivity contribution in [2.45, 2.75) is 26.9 Å². The highest BCUT2D eigenvalue weighted by Crippen LogP contribution is 1.97. The van der Waals surface area contributed by atoms with E-state index in [0.717, 1.165) is 0 Å². The van der Waals surface area contributed by atoms with Crippen molar-refractivity contribution in [2.75, 3.05) is 19.8 Å². The summed E-state index contributed by atoms with van der Waals surface area (Å²) in [4.78, 5) is 0. The molecular weight excluding hydrogens is 174 g/mol. The maximum absolute atomic E-state index is 5.45. The lowest BCUT2D eigenvalue weighted by molar-refractivity contribution is 0.0734. The third-order valence-corrected chi connectivity index (χ3v) is 3.18. The highest BCUT2D eigenvalue weighted by molar-refractivity contribution is 6.36. The van der Waals surface area contributed by atoms with Crippen molar-refractivity contribution in [3.8, 4) is 0 Å². The minimum Gasteiger partial charge on any atom is -0.376 e. The molecule has 12 heavy (non-hydrogen) atoms. The standard InChI is InChI=1S/C7H19NO3Si/c1-4-9-12(10-5-2)11-7(3)6-8/h7,12H,4-6,8H2,1-3H3. The summed E-state index contributed by atoms with van der Waals surface area (Å²) in [6.07, 6.45) is 0.0276. The Labute approximate surface area is 76.0 Å². The molecule has 0 saturated heterocycles. The van der Waals surface area contributed by atoms with Gasteiger partial charge in [-0.1, -0.05) is 0 Å². The molecule has 74 valence electrons. The molecule has 0 aromatic heterocycles. The first-order valence-electron chi connectivity index (χ1n) is 4.33. The number of rotatable bonds is 7. The summed E-state index contributed by atoms with van der Waals surface area (Å²) in [6, 6.07) is 0. The summed E-state index contributed by atoms with van der Waals surface area (Å²) < 4.78 is 16.0. The predicted molar refractivity (Wildman–Crippen MR) is 50.0 cm³/mol. The van der Waals surface area contributed by atoms with Gasteiger partial charge in [-0.05, 0) is 20.8 Å². The monoisotopic (exact) mass is 193 g/mol. The van der Waals surface area contributed by atoms with Gasteiger partial charge in [0.1, 0.15) is 0 Å². The fourth-order valence-corrected chi connectivity index (χ4v) is 1.93. The number of hydrogen-bond acceptors (Lipinski definition) is 4. The van der Waals surface area contributed by atoms with Gasteiger partial charge >= 0.3 is 9.53 Å². The molecule has 0 aliphatic heterocycles. The van der Waals surface area contributed by atoms with Gasteiger partial charge in [0, 0.05) is 19.8 Å². The van der Waals surface area contributed by atoms with Crippen LogP contribution in [0.25, 0.3) is 0 Å². The van der Waals surface area contributed by atoms with Gasteiger partial charge in [-0.15, -0.1) is 0 Å². The molecule has 0 radical (unpaired) electrons. The van der Waals surface area contributed by atoms with Crippen LogP contribution in [0.15, 0.2) is 0 Å². The molecule has 1 atom stereocenters. The average Bonchev–Trinajstić information content (AvgIpc) is 2.05. The smallest absolute Gasteiger partial charge is 0.376 e. The highest BCUT2D eigenvalue weighted by Gasteiger charge is 2.16. The zero-order valence-corrected chi connectivity index (χ0v) is 9.23. The molecule has 0 saturated carbocycles. The van der Waals surface area contributed by atoms with Crippen LogP contribution in [0.5, 0.6) is 0 Å². The maximum atomic E-state index is 5.45. The Balaban J connectivity index is 3.61. The van der Waals surface area contributed by atoms with Crippen molar-refractivity contribution in [2.24, 2.45) is 5.73 Å². The van der Waals surface area contributed by atoms with E-state index in [1.165, 1.54) is 0 Å². The van der Waals surface area contributed by atoms with Crippen LogP contribution in [-0.4, -0.2) is 35.4 Å². The van der Waals surface area contributed by atoms with Crippen LogP contribution < -0.4 is 5.73 Å². The van der Waals surface area contributed by atoms with E-state index in [1.54, 1.807) is 0 Å². The number of nitrogens with two attached hydrogens (primary N) is 1. The van der Waals surface area contributed by atoms with Crippen molar-refractivity contribution in [1.29, 1.82) is 0 Å². The molecule has 0 amide bonds. The first-order chi connectivity index (χ1) is 5.74. The Morgan fingerprint density at radius 1 is 1.25 bits per heavy atom. The molecule has 0 aliphatic carbocycles. The zero-order valence-electron chi connectivity index (χ0n) is 8.08. The van der Waals surface area contributed by atoms with E-state index in [1.807, 2.05) is 20.8 Å². The molecule has 0 aliphatic rings. The van der Waals surface area contributed by atoms with Gasteiger partial charge in [-0.3, -0.25) is 0 Å². The van der Waals surface area contributed by atoms with E-state index in [-0.39, 0.29) is 6.10 Å². The average molecular weight is 193 g/mol. The van der Waals surface area contributed by atoms with Crippen LogP contribution in [0, 0.1) is 0 Å². The van der Waals surface area contributed by atoms with E-state index in [0.29, 0.717) is 19.8 Å². The van der Waals surface area contributed by atoms with Gasteiger partial charge in [0.05, 0.1) is 6.10 Å². The summed E-state index contributed by atoms with van der Waals surface area (Å²) in [7, 11) is -1.89. The lowest BCUT2D eigenvalue weighted by Crippen LogP contribution is -2.34. The van der Waals surface area contributed by atoms with Crippen LogP contribution in [-0.2, 0) is 13.3 Å². The second-order valence-electron chi connectivity index (χ2n) is 2.38. The Kier molecular flexibility index (Phi) is 7.73. The summed E-state index contributed by atoms with van der Waals surface area (Å²) in [5, 5.41) is 0. The maximum Gasteiger partial charge on any atom is 0.484 e. The van der Waals surface area contributed by atoms with Crippen LogP contribution in [0.2, 0.25) is 0 Å². The van der Waals surface area contributed by atoms with Crippen LogP contribution in [0.4, 0.5) is 0 Å². The third kappa shape index (κ3) is 5.67. The minimum absolute atomic E-state index is 0.0276. The Hall–Kier alpha value is 0.0569. The predicted octanol–water partition coefficient (Wildman–Crippen LogP) is 0.140. The quantitative estimate of drug-likeness (QED) is 0.584. The summed E-state index contributed by atoms with van der Waals surface area (Å²) in [6.45, 7) is 7.54. The van der Waals surface area contributed by atoms with Crippen molar-refractivity contribution >= 4 is 9.53 Å². The summed E-state index contributed by atoms with van der Waals surface area (Å²) >= 11 is 0.